The van der Waals surface area contributed by atoms with E-state index in [1.54, 1.807) is 0 Å². The number of unbranched alkanes of at least 4 members (excludes halogenated alkanes) is 13. The summed E-state index contributed by atoms with van der Waals surface area (Å²) < 4.78 is 0.165. The molecule has 0 aliphatic heterocycles. The molecule has 0 saturated heterocycles. The van der Waals surface area contributed by atoms with Gasteiger partial charge in [0.25, 0.3) is 0 Å². The maximum atomic E-state index is 15.4. The largest absolute Gasteiger partial charge is 0.632 e. The Bertz CT molecular complexity index is 554. The lowest BCUT2D eigenvalue weighted by Crippen LogP contribution is -2.65. The van der Waals surface area contributed by atoms with Gasteiger partial charge in [-0.25, -0.2) is 0 Å². The fourth-order valence-electron chi connectivity index (χ4n) is 8.44. The molecule has 0 aromatic heterocycles. The van der Waals surface area contributed by atoms with Crippen LogP contribution < -0.4 is 0 Å². The van der Waals surface area contributed by atoms with E-state index in [1.165, 1.54) is 122 Å². The average Bonchev–Trinajstić information content (AvgIpc) is 2.88. The Kier molecular flexibility index (Phi) is 16.5. The molecule has 226 valence electrons. The van der Waals surface area contributed by atoms with Crippen LogP contribution in [0.4, 0.5) is 0 Å². The number of nitrogens with zero attached hydrogens (tertiary/aromatic N) is 1. The summed E-state index contributed by atoms with van der Waals surface area (Å²) >= 11 is 0. The van der Waals surface area contributed by atoms with Crippen LogP contribution in [0.25, 0.3) is 0 Å². The topological polar surface area (TPSA) is 23.1 Å². The van der Waals surface area contributed by atoms with E-state index in [1.807, 2.05) is 0 Å². The summed E-state index contributed by atoms with van der Waals surface area (Å²) in [7, 11) is 0. The van der Waals surface area contributed by atoms with E-state index < -0.39 is 0 Å². The van der Waals surface area contributed by atoms with Gasteiger partial charge in [0.1, 0.15) is 0 Å². The van der Waals surface area contributed by atoms with E-state index in [0.717, 1.165) is 24.8 Å². The van der Waals surface area contributed by atoms with Gasteiger partial charge in [0.2, 0.25) is 0 Å². The maximum absolute atomic E-state index is 15.4. The van der Waals surface area contributed by atoms with Crippen LogP contribution in [-0.4, -0.2) is 23.3 Å². The summed E-state index contributed by atoms with van der Waals surface area (Å²) in [6.07, 6.45) is 26.9. The molecule has 2 aliphatic carbocycles. The predicted octanol–water partition coefficient (Wildman–Crippen LogP) is 11.7. The van der Waals surface area contributed by atoms with Gasteiger partial charge in [0.05, 0.1) is 18.6 Å². The molecule has 0 bridgehead atoms. The van der Waals surface area contributed by atoms with E-state index in [4.69, 9.17) is 0 Å². The number of rotatable bonds is 19. The first kappa shape index (κ1) is 34.1. The summed E-state index contributed by atoms with van der Waals surface area (Å²) in [5, 5.41) is 15.4. The lowest BCUT2D eigenvalue weighted by atomic mass is 9.69. The SMILES string of the molecule is CCCCCCCCCCCCCCCC[N+]([O-])(C1CC(C)CCC1C(C)C)C1CC(C)CCC1C(C)C. The number of hydrogen-bond donors (Lipinski definition) is 0. The van der Waals surface area contributed by atoms with E-state index in [0.29, 0.717) is 35.8 Å². The van der Waals surface area contributed by atoms with Gasteiger partial charge in [-0.05, 0) is 62.2 Å². The highest BCUT2D eigenvalue weighted by molar-refractivity contribution is 4.89. The average molecular weight is 534 g/mol. The van der Waals surface area contributed by atoms with Gasteiger partial charge in [0, 0.05) is 24.7 Å². The monoisotopic (exact) mass is 534 g/mol. The Morgan fingerprint density at radius 3 is 1.24 bits per heavy atom. The molecule has 2 saturated carbocycles. The van der Waals surface area contributed by atoms with Crippen LogP contribution >= 0.6 is 0 Å². The minimum absolute atomic E-state index is 0.165. The predicted molar refractivity (Wildman–Crippen MR) is 169 cm³/mol. The van der Waals surface area contributed by atoms with Crippen molar-refractivity contribution in [2.24, 2.45) is 35.5 Å². The second kappa shape index (κ2) is 18.4. The van der Waals surface area contributed by atoms with Crippen molar-refractivity contribution in [1.29, 1.82) is 0 Å². The molecule has 38 heavy (non-hydrogen) atoms. The van der Waals surface area contributed by atoms with E-state index in [-0.39, 0.29) is 4.65 Å². The van der Waals surface area contributed by atoms with Crippen molar-refractivity contribution in [2.45, 2.75) is 189 Å². The highest BCUT2D eigenvalue weighted by Gasteiger charge is 2.48. The zero-order chi connectivity index (χ0) is 28.0. The van der Waals surface area contributed by atoms with Crippen LogP contribution in [0.3, 0.4) is 0 Å². The van der Waals surface area contributed by atoms with Gasteiger partial charge in [-0.15, -0.1) is 0 Å². The van der Waals surface area contributed by atoms with Gasteiger partial charge < -0.3 is 9.85 Å². The summed E-state index contributed by atoms with van der Waals surface area (Å²) in [6.45, 7) is 17.6. The minimum Gasteiger partial charge on any atom is -0.632 e. The molecule has 0 aromatic carbocycles. The molecule has 2 rings (SSSR count). The van der Waals surface area contributed by atoms with Crippen molar-refractivity contribution < 1.29 is 4.65 Å². The Morgan fingerprint density at radius 1 is 0.553 bits per heavy atom. The van der Waals surface area contributed by atoms with Crippen LogP contribution in [0.5, 0.6) is 0 Å². The van der Waals surface area contributed by atoms with Crippen LogP contribution in [0.1, 0.15) is 177 Å². The number of quaternary nitrogens is 1. The Morgan fingerprint density at radius 2 is 0.895 bits per heavy atom. The van der Waals surface area contributed by atoms with Crippen LogP contribution in [-0.2, 0) is 0 Å². The maximum Gasteiger partial charge on any atom is 0.0923 e. The van der Waals surface area contributed by atoms with Gasteiger partial charge in [-0.2, -0.15) is 0 Å². The van der Waals surface area contributed by atoms with E-state index in [9.17, 15) is 0 Å². The molecule has 0 aromatic rings. The fourth-order valence-corrected chi connectivity index (χ4v) is 8.44. The summed E-state index contributed by atoms with van der Waals surface area (Å²) in [6, 6.07) is 0.662. The molecule has 0 N–H and O–H groups in total. The number of hydrogen-bond acceptors (Lipinski definition) is 1. The third kappa shape index (κ3) is 11.1. The second-order valence-corrected chi connectivity index (χ2v) is 15.0. The van der Waals surface area contributed by atoms with Gasteiger partial charge in [0.15, 0.2) is 0 Å². The van der Waals surface area contributed by atoms with Crippen molar-refractivity contribution in [3.05, 3.63) is 5.21 Å². The van der Waals surface area contributed by atoms with Crippen molar-refractivity contribution in [3.63, 3.8) is 0 Å². The normalized spacial score (nSPS) is 30.2. The molecule has 6 atom stereocenters. The first-order valence-electron chi connectivity index (χ1n) is 17.8. The third-order valence-electron chi connectivity index (χ3n) is 11.0. The smallest absolute Gasteiger partial charge is 0.0923 e. The lowest BCUT2D eigenvalue weighted by Gasteiger charge is -2.62. The summed E-state index contributed by atoms with van der Waals surface area (Å²) in [5.41, 5.74) is 0. The zero-order valence-electron chi connectivity index (χ0n) is 27.3. The van der Waals surface area contributed by atoms with Gasteiger partial charge in [-0.1, -0.05) is 126 Å². The van der Waals surface area contributed by atoms with Crippen LogP contribution in [0, 0.1) is 40.7 Å². The molecule has 0 amide bonds. The van der Waals surface area contributed by atoms with Crippen molar-refractivity contribution in [3.8, 4) is 0 Å². The zero-order valence-corrected chi connectivity index (χ0v) is 27.3. The van der Waals surface area contributed by atoms with E-state index in [2.05, 4.69) is 48.5 Å². The Hall–Kier alpha value is -0.0800. The van der Waals surface area contributed by atoms with Crippen molar-refractivity contribution in [2.75, 3.05) is 6.54 Å². The molecule has 2 aliphatic rings. The summed E-state index contributed by atoms with van der Waals surface area (Å²) in [5.74, 6) is 3.93. The molecule has 6 unspecified atom stereocenters. The number of hydroxylamine groups is 3. The van der Waals surface area contributed by atoms with Gasteiger partial charge >= 0.3 is 0 Å². The van der Waals surface area contributed by atoms with Gasteiger partial charge in [-0.3, -0.25) is 0 Å². The first-order chi connectivity index (χ1) is 18.2. The summed E-state index contributed by atoms with van der Waals surface area (Å²) in [4.78, 5) is 0. The van der Waals surface area contributed by atoms with E-state index >= 15 is 5.21 Å². The minimum atomic E-state index is 0.165. The molecule has 2 fully saturated rings. The second-order valence-electron chi connectivity index (χ2n) is 15.0. The molecule has 0 heterocycles. The van der Waals surface area contributed by atoms with Crippen LogP contribution in [0.15, 0.2) is 0 Å². The quantitative estimate of drug-likeness (QED) is 0.0919. The molecular formula is C36H71NO. The highest BCUT2D eigenvalue weighted by atomic mass is 16.6. The highest BCUT2D eigenvalue weighted by Crippen LogP contribution is 2.47. The lowest BCUT2D eigenvalue weighted by molar-refractivity contribution is -0.941. The first-order valence-corrected chi connectivity index (χ1v) is 17.8. The molecular weight excluding hydrogens is 462 g/mol. The fraction of sp³-hybridized carbons (Fsp3) is 1.00. The standard InChI is InChI=1S/C36H71NO/c1-8-9-10-11-12-13-14-15-16-17-18-19-20-21-26-37(38,35-27-31(6)22-24-33(35)29(2)3)36-28-32(7)23-25-34(36)30(4)5/h29-36H,8-28H2,1-7H3. The molecule has 2 heteroatoms. The Balaban J connectivity index is 1.87. The van der Waals surface area contributed by atoms with Crippen molar-refractivity contribution >= 4 is 0 Å². The molecule has 2 nitrogen and oxygen atoms in total. The Labute approximate surface area is 240 Å². The molecule has 0 spiro atoms. The third-order valence-corrected chi connectivity index (χ3v) is 11.0. The van der Waals surface area contributed by atoms with Crippen molar-refractivity contribution in [1.82, 2.24) is 0 Å². The molecule has 0 radical (unpaired) electrons. The van der Waals surface area contributed by atoms with Crippen LogP contribution in [0.2, 0.25) is 0 Å².